The number of halogens is 1. The highest BCUT2D eigenvalue weighted by atomic mass is 79.9. The van der Waals surface area contributed by atoms with E-state index in [0.29, 0.717) is 6.61 Å². The van der Waals surface area contributed by atoms with E-state index in [-0.39, 0.29) is 10.6 Å². The number of benzene rings is 1. The molecule has 1 aromatic carbocycles. The number of fused-ring (bicyclic) bond motifs is 1. The highest BCUT2D eigenvalue weighted by Gasteiger charge is 2.18. The number of hydrogen-bond acceptors (Lipinski definition) is 2. The summed E-state index contributed by atoms with van der Waals surface area (Å²) in [5.74, 6) is 0.902. The summed E-state index contributed by atoms with van der Waals surface area (Å²) in [6, 6.07) is 5.76. The average molecular weight is 310 g/mol. The van der Waals surface area contributed by atoms with Gasteiger partial charge in [0.05, 0.1) is 11.4 Å². The molecule has 0 radical (unpaired) electrons. The molecule has 0 bridgehead atoms. The molecule has 1 atom stereocenters. The third kappa shape index (κ3) is 2.43. The minimum atomic E-state index is -0.132. The van der Waals surface area contributed by atoms with Gasteiger partial charge in [-0.15, -0.1) is 0 Å². The summed E-state index contributed by atoms with van der Waals surface area (Å²) < 4.78 is 5.47. The fraction of sp³-hybridized carbons (Fsp3) is 0.357. The topological polar surface area (TPSA) is 42.1 Å². The van der Waals surface area contributed by atoms with Crippen LogP contribution in [0.15, 0.2) is 24.4 Å². The van der Waals surface area contributed by atoms with Crippen molar-refractivity contribution in [3.05, 3.63) is 30.0 Å². The highest BCUT2D eigenvalue weighted by molar-refractivity contribution is 9.10. The van der Waals surface area contributed by atoms with E-state index >= 15 is 0 Å². The molecule has 0 saturated carbocycles. The maximum absolute atomic E-state index is 12.2. The summed E-state index contributed by atoms with van der Waals surface area (Å²) in [5.41, 5.74) is 1.67. The van der Waals surface area contributed by atoms with Gasteiger partial charge in [-0.3, -0.25) is 4.79 Å². The number of ether oxygens (including phenoxy) is 1. The molecule has 0 fully saturated rings. The Morgan fingerprint density at radius 2 is 2.22 bits per heavy atom. The first-order chi connectivity index (χ1) is 8.67. The van der Waals surface area contributed by atoms with Crippen LogP contribution < -0.4 is 4.74 Å². The average Bonchev–Trinajstić information content (AvgIpc) is 2.80. The Morgan fingerprint density at radius 3 is 2.89 bits per heavy atom. The van der Waals surface area contributed by atoms with Gasteiger partial charge >= 0.3 is 0 Å². The van der Waals surface area contributed by atoms with Gasteiger partial charge in [0.1, 0.15) is 5.75 Å². The fourth-order valence-electron chi connectivity index (χ4n) is 1.91. The normalized spacial score (nSPS) is 12.6. The fourth-order valence-corrected chi connectivity index (χ4v) is 2.16. The lowest BCUT2D eigenvalue weighted by atomic mass is 10.1. The van der Waals surface area contributed by atoms with E-state index in [2.05, 4.69) is 20.9 Å². The number of alkyl halides is 1. The van der Waals surface area contributed by atoms with E-state index in [1.807, 2.05) is 32.0 Å². The van der Waals surface area contributed by atoms with Crippen LogP contribution in [-0.2, 0) is 0 Å². The van der Waals surface area contributed by atoms with Crippen molar-refractivity contribution in [1.29, 1.82) is 0 Å². The number of nitrogens with one attached hydrogen (secondary N) is 1. The zero-order valence-electron chi connectivity index (χ0n) is 10.5. The lowest BCUT2D eigenvalue weighted by Crippen LogP contribution is -2.12. The summed E-state index contributed by atoms with van der Waals surface area (Å²) >= 11 is 3.40. The Hall–Kier alpha value is -1.29. The molecule has 18 heavy (non-hydrogen) atoms. The van der Waals surface area contributed by atoms with E-state index in [4.69, 9.17) is 4.74 Å². The number of hydrogen-bond donors (Lipinski definition) is 1. The predicted octanol–water partition coefficient (Wildman–Crippen LogP) is 3.92. The van der Waals surface area contributed by atoms with Crippen LogP contribution >= 0.6 is 15.9 Å². The van der Waals surface area contributed by atoms with Crippen molar-refractivity contribution in [3.8, 4) is 5.75 Å². The minimum Gasteiger partial charge on any atom is -0.494 e. The number of carbonyl (C=O) groups is 1. The van der Waals surface area contributed by atoms with Crippen LogP contribution in [0.2, 0.25) is 0 Å². The molecule has 1 N–H and O–H groups in total. The lowest BCUT2D eigenvalue weighted by molar-refractivity contribution is 0.0992. The SMILES string of the molecule is CCOc1ccc2[nH]cc(C(=O)C(Br)CC)c2c1. The molecule has 96 valence electrons. The number of H-pyrrole nitrogens is 1. The summed E-state index contributed by atoms with van der Waals surface area (Å²) in [4.78, 5) is 15.2. The summed E-state index contributed by atoms with van der Waals surface area (Å²) in [5, 5.41) is 0.920. The molecule has 1 unspecified atom stereocenters. The van der Waals surface area contributed by atoms with Gasteiger partial charge in [-0.2, -0.15) is 0 Å². The zero-order valence-corrected chi connectivity index (χ0v) is 12.1. The second-order valence-corrected chi connectivity index (χ2v) is 5.19. The minimum absolute atomic E-state index is 0.109. The summed E-state index contributed by atoms with van der Waals surface area (Å²) in [6.07, 6.45) is 2.54. The molecule has 1 heterocycles. The lowest BCUT2D eigenvalue weighted by Gasteiger charge is -2.06. The Labute approximate surface area is 115 Å². The van der Waals surface area contributed by atoms with Gasteiger partial charge < -0.3 is 9.72 Å². The van der Waals surface area contributed by atoms with Crippen molar-refractivity contribution in [2.45, 2.75) is 25.1 Å². The monoisotopic (exact) mass is 309 g/mol. The largest absolute Gasteiger partial charge is 0.494 e. The Morgan fingerprint density at radius 1 is 1.44 bits per heavy atom. The molecule has 0 amide bonds. The molecule has 2 aromatic rings. The van der Waals surface area contributed by atoms with Crippen LogP contribution in [-0.4, -0.2) is 22.2 Å². The molecule has 0 aliphatic heterocycles. The first-order valence-electron chi connectivity index (χ1n) is 6.09. The molecule has 0 spiro atoms. The Balaban J connectivity index is 2.45. The molecule has 0 aliphatic carbocycles. The predicted molar refractivity (Wildman–Crippen MR) is 76.8 cm³/mol. The molecule has 3 nitrogen and oxygen atoms in total. The van der Waals surface area contributed by atoms with Crippen molar-refractivity contribution in [3.63, 3.8) is 0 Å². The third-order valence-electron chi connectivity index (χ3n) is 2.87. The molecule has 2 rings (SSSR count). The molecule has 4 heteroatoms. The standard InChI is InChI=1S/C14H16BrNO2/c1-3-12(15)14(17)11-8-16-13-6-5-9(18-4-2)7-10(11)13/h5-8,12,16H,3-4H2,1-2H3. The van der Waals surface area contributed by atoms with Gasteiger partial charge in [-0.1, -0.05) is 22.9 Å². The Bertz CT molecular complexity index is 562. The maximum Gasteiger partial charge on any atom is 0.178 e. The number of Topliss-reactive ketones (excluding diaryl/α,β-unsaturated/α-hetero) is 1. The van der Waals surface area contributed by atoms with Gasteiger partial charge in [0.2, 0.25) is 0 Å². The van der Waals surface area contributed by atoms with Crippen LogP contribution in [0.25, 0.3) is 10.9 Å². The van der Waals surface area contributed by atoms with Crippen LogP contribution in [0, 0.1) is 0 Å². The second-order valence-electron chi connectivity index (χ2n) is 4.08. The maximum atomic E-state index is 12.2. The van der Waals surface area contributed by atoms with Gasteiger partial charge in [-0.25, -0.2) is 0 Å². The molecule has 0 saturated heterocycles. The smallest absolute Gasteiger partial charge is 0.178 e. The van der Waals surface area contributed by atoms with Gasteiger partial charge in [-0.05, 0) is 31.5 Å². The number of rotatable bonds is 5. The highest BCUT2D eigenvalue weighted by Crippen LogP contribution is 2.26. The Kier molecular flexibility index (Phi) is 4.07. The summed E-state index contributed by atoms with van der Waals surface area (Å²) in [7, 11) is 0. The van der Waals surface area contributed by atoms with E-state index in [9.17, 15) is 4.79 Å². The van der Waals surface area contributed by atoms with E-state index in [0.717, 1.165) is 28.6 Å². The van der Waals surface area contributed by atoms with Crippen molar-refractivity contribution >= 4 is 32.6 Å². The van der Waals surface area contributed by atoms with E-state index in [1.54, 1.807) is 6.20 Å². The number of carbonyl (C=O) groups excluding carboxylic acids is 1. The second kappa shape index (κ2) is 5.57. The van der Waals surface area contributed by atoms with Crippen molar-refractivity contribution < 1.29 is 9.53 Å². The van der Waals surface area contributed by atoms with E-state index < -0.39 is 0 Å². The van der Waals surface area contributed by atoms with Gasteiger partial charge in [0.15, 0.2) is 5.78 Å². The number of aromatic amines is 1. The molecular weight excluding hydrogens is 294 g/mol. The van der Waals surface area contributed by atoms with Crippen LogP contribution in [0.5, 0.6) is 5.75 Å². The van der Waals surface area contributed by atoms with Crippen LogP contribution in [0.4, 0.5) is 0 Å². The first kappa shape index (κ1) is 13.1. The van der Waals surface area contributed by atoms with Crippen molar-refractivity contribution in [2.24, 2.45) is 0 Å². The van der Waals surface area contributed by atoms with Crippen LogP contribution in [0.3, 0.4) is 0 Å². The number of aromatic nitrogens is 1. The number of ketones is 1. The zero-order chi connectivity index (χ0) is 13.1. The molecule has 1 aromatic heterocycles. The molecular formula is C14H16BrNO2. The van der Waals surface area contributed by atoms with E-state index in [1.165, 1.54) is 0 Å². The van der Waals surface area contributed by atoms with Crippen molar-refractivity contribution in [1.82, 2.24) is 4.98 Å². The summed E-state index contributed by atoms with van der Waals surface area (Å²) in [6.45, 7) is 4.55. The van der Waals surface area contributed by atoms with Crippen molar-refractivity contribution in [2.75, 3.05) is 6.61 Å². The van der Waals surface area contributed by atoms with Gasteiger partial charge in [0.25, 0.3) is 0 Å². The quantitative estimate of drug-likeness (QED) is 0.672. The van der Waals surface area contributed by atoms with Crippen LogP contribution in [0.1, 0.15) is 30.6 Å². The molecule has 0 aliphatic rings. The third-order valence-corrected chi connectivity index (χ3v) is 3.94. The van der Waals surface area contributed by atoms with Gasteiger partial charge in [0, 0.05) is 22.7 Å². The first-order valence-corrected chi connectivity index (χ1v) is 7.01.